The standard InChI is InChI=1S/C11H17ClN2O2/c1-4-6-7(3)14-10(15)8(5-2)9(12)13-11(14)16/h7H,4-6H2,1-3H3,(H,13,16). The molecule has 0 saturated heterocycles. The molecule has 4 nitrogen and oxygen atoms in total. The number of hydrogen-bond acceptors (Lipinski definition) is 2. The van der Waals surface area contributed by atoms with Crippen LogP contribution in [0.4, 0.5) is 0 Å². The molecule has 0 aliphatic carbocycles. The van der Waals surface area contributed by atoms with Crippen molar-refractivity contribution in [2.45, 2.75) is 46.1 Å². The van der Waals surface area contributed by atoms with Gasteiger partial charge in [-0.15, -0.1) is 0 Å². The van der Waals surface area contributed by atoms with Crippen molar-refractivity contribution in [3.63, 3.8) is 0 Å². The van der Waals surface area contributed by atoms with Gasteiger partial charge >= 0.3 is 5.69 Å². The summed E-state index contributed by atoms with van der Waals surface area (Å²) in [7, 11) is 0. The molecule has 1 N–H and O–H groups in total. The molecule has 90 valence electrons. The minimum atomic E-state index is -0.423. The van der Waals surface area contributed by atoms with Gasteiger partial charge in [-0.05, 0) is 19.8 Å². The second-order valence-corrected chi connectivity index (χ2v) is 4.27. The van der Waals surface area contributed by atoms with Crippen molar-refractivity contribution < 1.29 is 0 Å². The fraction of sp³-hybridized carbons (Fsp3) is 0.636. The highest BCUT2D eigenvalue weighted by atomic mass is 35.5. The lowest BCUT2D eigenvalue weighted by Crippen LogP contribution is -2.39. The van der Waals surface area contributed by atoms with Crippen LogP contribution in [0, 0.1) is 0 Å². The third kappa shape index (κ3) is 2.38. The van der Waals surface area contributed by atoms with Crippen molar-refractivity contribution in [3.8, 4) is 0 Å². The monoisotopic (exact) mass is 244 g/mol. The lowest BCUT2D eigenvalue weighted by molar-refractivity contribution is 0.463. The van der Waals surface area contributed by atoms with Gasteiger partial charge in [0.15, 0.2) is 0 Å². The van der Waals surface area contributed by atoms with Gasteiger partial charge in [-0.25, -0.2) is 4.79 Å². The first-order valence-electron chi connectivity index (χ1n) is 5.56. The van der Waals surface area contributed by atoms with Crippen LogP contribution in [-0.2, 0) is 6.42 Å². The molecule has 0 spiro atoms. The maximum atomic E-state index is 12.0. The van der Waals surface area contributed by atoms with Crippen molar-refractivity contribution in [2.24, 2.45) is 0 Å². The lowest BCUT2D eigenvalue weighted by atomic mass is 10.2. The van der Waals surface area contributed by atoms with Crippen LogP contribution in [0.1, 0.15) is 45.2 Å². The van der Waals surface area contributed by atoms with E-state index in [2.05, 4.69) is 4.98 Å². The molecule has 5 heteroatoms. The largest absolute Gasteiger partial charge is 0.329 e. The Hall–Kier alpha value is -1.03. The molecule has 0 aliphatic heterocycles. The Balaban J connectivity index is 3.40. The summed E-state index contributed by atoms with van der Waals surface area (Å²) in [6.07, 6.45) is 2.25. The van der Waals surface area contributed by atoms with Crippen LogP contribution in [0.5, 0.6) is 0 Å². The van der Waals surface area contributed by atoms with E-state index in [1.54, 1.807) is 0 Å². The molecule has 0 aromatic carbocycles. The number of aromatic amines is 1. The molecular formula is C11H17ClN2O2. The number of halogens is 1. The molecule has 1 rings (SSSR count). The molecule has 0 fully saturated rings. The fourth-order valence-corrected chi connectivity index (χ4v) is 2.11. The van der Waals surface area contributed by atoms with Crippen molar-refractivity contribution in [3.05, 3.63) is 31.6 Å². The molecule has 0 bridgehead atoms. The van der Waals surface area contributed by atoms with E-state index in [4.69, 9.17) is 11.6 Å². The minimum absolute atomic E-state index is 0.0937. The first-order chi connectivity index (χ1) is 7.52. The highest BCUT2D eigenvalue weighted by Crippen LogP contribution is 2.11. The quantitative estimate of drug-likeness (QED) is 0.825. The van der Waals surface area contributed by atoms with Crippen LogP contribution in [0.3, 0.4) is 0 Å². The molecule has 1 atom stereocenters. The summed E-state index contributed by atoms with van der Waals surface area (Å²) < 4.78 is 1.26. The minimum Gasteiger partial charge on any atom is -0.297 e. The van der Waals surface area contributed by atoms with E-state index in [0.29, 0.717) is 12.0 Å². The predicted octanol–water partition coefficient (Wildman–Crippen LogP) is 2.11. The highest BCUT2D eigenvalue weighted by molar-refractivity contribution is 6.30. The Morgan fingerprint density at radius 2 is 2.00 bits per heavy atom. The SMILES string of the molecule is CCCC(C)n1c(=O)[nH]c(Cl)c(CC)c1=O. The second-order valence-electron chi connectivity index (χ2n) is 3.89. The summed E-state index contributed by atoms with van der Waals surface area (Å²) in [4.78, 5) is 26.2. The van der Waals surface area contributed by atoms with E-state index >= 15 is 0 Å². The Bertz CT molecular complexity index is 476. The van der Waals surface area contributed by atoms with E-state index in [-0.39, 0.29) is 16.8 Å². The van der Waals surface area contributed by atoms with E-state index in [0.717, 1.165) is 12.8 Å². The van der Waals surface area contributed by atoms with E-state index < -0.39 is 5.69 Å². The number of H-pyrrole nitrogens is 1. The highest BCUT2D eigenvalue weighted by Gasteiger charge is 2.14. The van der Waals surface area contributed by atoms with Crippen molar-refractivity contribution >= 4 is 11.6 Å². The van der Waals surface area contributed by atoms with E-state index in [1.807, 2.05) is 20.8 Å². The average molecular weight is 245 g/mol. The maximum Gasteiger partial charge on any atom is 0.329 e. The number of aromatic nitrogens is 2. The molecular weight excluding hydrogens is 228 g/mol. The number of hydrogen-bond donors (Lipinski definition) is 1. The van der Waals surface area contributed by atoms with Crippen LogP contribution in [0.15, 0.2) is 9.59 Å². The van der Waals surface area contributed by atoms with Crippen LogP contribution < -0.4 is 11.2 Å². The van der Waals surface area contributed by atoms with Crippen molar-refractivity contribution in [2.75, 3.05) is 0 Å². The lowest BCUT2D eigenvalue weighted by Gasteiger charge is -2.14. The Kier molecular flexibility index (Phi) is 4.35. The third-order valence-electron chi connectivity index (χ3n) is 2.68. The maximum absolute atomic E-state index is 12.0. The summed E-state index contributed by atoms with van der Waals surface area (Å²) in [6, 6.07) is -0.0937. The molecule has 0 radical (unpaired) electrons. The Morgan fingerprint density at radius 1 is 1.38 bits per heavy atom. The Morgan fingerprint density at radius 3 is 2.50 bits per heavy atom. The predicted molar refractivity (Wildman–Crippen MR) is 65.3 cm³/mol. The van der Waals surface area contributed by atoms with Crippen LogP contribution >= 0.6 is 11.6 Å². The zero-order chi connectivity index (χ0) is 12.3. The topological polar surface area (TPSA) is 54.9 Å². The van der Waals surface area contributed by atoms with Crippen molar-refractivity contribution in [1.29, 1.82) is 0 Å². The van der Waals surface area contributed by atoms with Gasteiger partial charge in [-0.3, -0.25) is 14.3 Å². The van der Waals surface area contributed by atoms with Gasteiger partial charge in [0.2, 0.25) is 0 Å². The van der Waals surface area contributed by atoms with Gasteiger partial charge in [0.05, 0.1) is 5.56 Å². The molecule has 0 saturated carbocycles. The number of nitrogens with zero attached hydrogens (tertiary/aromatic N) is 1. The smallest absolute Gasteiger partial charge is 0.297 e. The van der Waals surface area contributed by atoms with Gasteiger partial charge in [0, 0.05) is 6.04 Å². The Labute approximate surface area is 99.3 Å². The zero-order valence-electron chi connectivity index (χ0n) is 9.84. The van der Waals surface area contributed by atoms with Crippen molar-refractivity contribution in [1.82, 2.24) is 9.55 Å². The molecule has 0 amide bonds. The summed E-state index contributed by atoms with van der Waals surface area (Å²) >= 11 is 5.82. The molecule has 16 heavy (non-hydrogen) atoms. The molecule has 0 aliphatic rings. The van der Waals surface area contributed by atoms with E-state index in [1.165, 1.54) is 4.57 Å². The molecule has 1 unspecified atom stereocenters. The van der Waals surface area contributed by atoms with Gasteiger partial charge in [-0.2, -0.15) is 0 Å². The average Bonchev–Trinajstić information content (AvgIpc) is 2.17. The first-order valence-corrected chi connectivity index (χ1v) is 5.93. The van der Waals surface area contributed by atoms with Crippen LogP contribution in [0.25, 0.3) is 0 Å². The molecule has 1 aromatic rings. The first kappa shape index (κ1) is 13.0. The van der Waals surface area contributed by atoms with Gasteiger partial charge in [0.1, 0.15) is 5.15 Å². The van der Waals surface area contributed by atoms with Crippen LogP contribution in [-0.4, -0.2) is 9.55 Å². The van der Waals surface area contributed by atoms with Crippen LogP contribution in [0.2, 0.25) is 5.15 Å². The van der Waals surface area contributed by atoms with Gasteiger partial charge < -0.3 is 0 Å². The summed E-state index contributed by atoms with van der Waals surface area (Å²) in [5.41, 5.74) is -0.213. The van der Waals surface area contributed by atoms with Gasteiger partial charge in [0.25, 0.3) is 5.56 Å². The summed E-state index contributed by atoms with van der Waals surface area (Å²) in [6.45, 7) is 5.73. The zero-order valence-corrected chi connectivity index (χ0v) is 10.6. The molecule has 1 heterocycles. The van der Waals surface area contributed by atoms with E-state index in [9.17, 15) is 9.59 Å². The third-order valence-corrected chi connectivity index (χ3v) is 3.00. The summed E-state index contributed by atoms with van der Waals surface area (Å²) in [5.74, 6) is 0. The summed E-state index contributed by atoms with van der Waals surface area (Å²) in [5, 5.41) is 0.164. The molecule has 1 aromatic heterocycles. The number of nitrogens with one attached hydrogen (secondary N) is 1. The number of rotatable bonds is 4. The van der Waals surface area contributed by atoms with Gasteiger partial charge in [-0.1, -0.05) is 31.9 Å². The normalized spacial score (nSPS) is 12.8. The fourth-order valence-electron chi connectivity index (χ4n) is 1.81. The second kappa shape index (κ2) is 5.34.